The Hall–Kier alpha value is -2.21. The zero-order chi connectivity index (χ0) is 12.5. The maximum Gasteiger partial charge on any atom is 0.354 e. The number of aromatic amines is 1. The standard InChI is InChI=1S/C12H12N4O2/c17-12(18)10-7-3-5-13-6-9(7)15-11(16-10)8-2-1-4-14-8/h1-2,4,13-14H,3,5-6H2,(H,17,18). The fourth-order valence-electron chi connectivity index (χ4n) is 2.13. The highest BCUT2D eigenvalue weighted by molar-refractivity contribution is 5.88. The second-order valence-corrected chi connectivity index (χ2v) is 4.14. The molecule has 3 N–H and O–H groups in total. The van der Waals surface area contributed by atoms with E-state index in [4.69, 9.17) is 0 Å². The lowest BCUT2D eigenvalue weighted by Gasteiger charge is -2.18. The van der Waals surface area contributed by atoms with E-state index in [1.165, 1.54) is 0 Å². The molecule has 3 rings (SSSR count). The highest BCUT2D eigenvalue weighted by Crippen LogP contribution is 2.20. The third-order valence-electron chi connectivity index (χ3n) is 2.98. The Morgan fingerprint density at radius 1 is 1.39 bits per heavy atom. The number of rotatable bonds is 2. The number of H-pyrrole nitrogens is 1. The number of hydrogen-bond acceptors (Lipinski definition) is 4. The third-order valence-corrected chi connectivity index (χ3v) is 2.98. The smallest absolute Gasteiger partial charge is 0.354 e. The van der Waals surface area contributed by atoms with Gasteiger partial charge in [-0.3, -0.25) is 0 Å². The van der Waals surface area contributed by atoms with E-state index in [1.807, 2.05) is 12.1 Å². The monoisotopic (exact) mass is 244 g/mol. The first-order chi connectivity index (χ1) is 8.75. The number of aromatic nitrogens is 3. The van der Waals surface area contributed by atoms with Gasteiger partial charge in [0.05, 0.1) is 11.4 Å². The van der Waals surface area contributed by atoms with Crippen LogP contribution < -0.4 is 5.32 Å². The van der Waals surface area contributed by atoms with E-state index in [2.05, 4.69) is 20.3 Å². The minimum absolute atomic E-state index is 0.117. The average molecular weight is 244 g/mol. The van der Waals surface area contributed by atoms with E-state index in [-0.39, 0.29) is 5.69 Å². The van der Waals surface area contributed by atoms with Crippen LogP contribution in [0.2, 0.25) is 0 Å². The van der Waals surface area contributed by atoms with Crippen LogP contribution in [0.25, 0.3) is 11.5 Å². The van der Waals surface area contributed by atoms with Crippen molar-refractivity contribution in [2.24, 2.45) is 0 Å². The van der Waals surface area contributed by atoms with E-state index < -0.39 is 5.97 Å². The maximum atomic E-state index is 11.3. The number of carboxylic acid groups (broad SMARTS) is 1. The van der Waals surface area contributed by atoms with Gasteiger partial charge in [-0.2, -0.15) is 0 Å². The molecule has 2 aromatic rings. The van der Waals surface area contributed by atoms with Crippen molar-refractivity contribution in [1.82, 2.24) is 20.3 Å². The summed E-state index contributed by atoms with van der Waals surface area (Å²) < 4.78 is 0. The molecule has 3 heterocycles. The van der Waals surface area contributed by atoms with E-state index >= 15 is 0 Å². The number of hydrogen-bond donors (Lipinski definition) is 3. The molecule has 0 fully saturated rings. The van der Waals surface area contributed by atoms with Crippen molar-refractivity contribution in [1.29, 1.82) is 0 Å². The van der Waals surface area contributed by atoms with Crippen LogP contribution in [0, 0.1) is 0 Å². The van der Waals surface area contributed by atoms with Crippen molar-refractivity contribution < 1.29 is 9.90 Å². The van der Waals surface area contributed by atoms with E-state index in [9.17, 15) is 9.90 Å². The lowest BCUT2D eigenvalue weighted by atomic mass is 10.0. The minimum atomic E-state index is -0.997. The molecule has 0 unspecified atom stereocenters. The molecule has 0 saturated heterocycles. The van der Waals surface area contributed by atoms with Crippen LogP contribution in [-0.2, 0) is 13.0 Å². The van der Waals surface area contributed by atoms with Gasteiger partial charge in [0.15, 0.2) is 11.5 Å². The van der Waals surface area contributed by atoms with Gasteiger partial charge in [-0.05, 0) is 25.1 Å². The van der Waals surface area contributed by atoms with Gasteiger partial charge in [-0.15, -0.1) is 0 Å². The molecule has 1 aliphatic heterocycles. The Balaban J connectivity index is 2.18. The van der Waals surface area contributed by atoms with Gasteiger partial charge in [0, 0.05) is 18.3 Å². The first-order valence-corrected chi connectivity index (χ1v) is 5.73. The number of fused-ring (bicyclic) bond motifs is 1. The van der Waals surface area contributed by atoms with Crippen molar-refractivity contribution in [2.75, 3.05) is 6.54 Å². The van der Waals surface area contributed by atoms with Gasteiger partial charge in [-0.1, -0.05) is 0 Å². The average Bonchev–Trinajstić information content (AvgIpc) is 2.91. The Morgan fingerprint density at radius 3 is 3.00 bits per heavy atom. The van der Waals surface area contributed by atoms with Crippen LogP contribution in [0.1, 0.15) is 21.7 Å². The lowest BCUT2D eigenvalue weighted by Crippen LogP contribution is -2.27. The van der Waals surface area contributed by atoms with Crippen molar-refractivity contribution in [2.45, 2.75) is 13.0 Å². The Kier molecular flexibility index (Phi) is 2.56. The van der Waals surface area contributed by atoms with Crippen molar-refractivity contribution in [3.05, 3.63) is 35.3 Å². The maximum absolute atomic E-state index is 11.3. The second kappa shape index (κ2) is 4.23. The molecular weight excluding hydrogens is 232 g/mol. The summed E-state index contributed by atoms with van der Waals surface area (Å²) in [6.45, 7) is 1.35. The quantitative estimate of drug-likeness (QED) is 0.727. The molecule has 0 radical (unpaired) electrons. The van der Waals surface area contributed by atoms with E-state index in [0.717, 1.165) is 23.5 Å². The zero-order valence-corrected chi connectivity index (χ0v) is 9.60. The molecule has 6 nitrogen and oxygen atoms in total. The first-order valence-electron chi connectivity index (χ1n) is 5.73. The topological polar surface area (TPSA) is 90.9 Å². The van der Waals surface area contributed by atoms with Gasteiger partial charge in [0.2, 0.25) is 0 Å². The molecule has 0 aromatic carbocycles. The van der Waals surface area contributed by atoms with Crippen molar-refractivity contribution in [3.8, 4) is 11.5 Å². The fourth-order valence-corrected chi connectivity index (χ4v) is 2.13. The zero-order valence-electron chi connectivity index (χ0n) is 9.60. The Bertz CT molecular complexity index is 592. The molecule has 92 valence electrons. The molecule has 0 bridgehead atoms. The van der Waals surface area contributed by atoms with Gasteiger partial charge in [0.25, 0.3) is 0 Å². The van der Waals surface area contributed by atoms with Crippen LogP contribution in [-0.4, -0.2) is 32.6 Å². The molecular formula is C12H12N4O2. The first kappa shape index (κ1) is 10.9. The summed E-state index contributed by atoms with van der Waals surface area (Å²) in [6.07, 6.45) is 2.42. The lowest BCUT2D eigenvalue weighted by molar-refractivity contribution is 0.0688. The summed E-state index contributed by atoms with van der Waals surface area (Å²) in [5.41, 5.74) is 2.37. The predicted octanol–water partition coefficient (Wildman–Crippen LogP) is 0.816. The SMILES string of the molecule is O=C(O)c1nc(-c2ccc[nH]2)nc2c1CCNC2. The predicted molar refractivity (Wildman–Crippen MR) is 64.2 cm³/mol. The minimum Gasteiger partial charge on any atom is -0.476 e. The van der Waals surface area contributed by atoms with Crippen LogP contribution in [0.4, 0.5) is 0 Å². The Labute approximate surface area is 103 Å². The van der Waals surface area contributed by atoms with Gasteiger partial charge in [-0.25, -0.2) is 14.8 Å². The van der Waals surface area contributed by atoms with Crippen molar-refractivity contribution in [3.63, 3.8) is 0 Å². The normalized spacial score (nSPS) is 14.2. The van der Waals surface area contributed by atoms with Crippen LogP contribution in [0.3, 0.4) is 0 Å². The highest BCUT2D eigenvalue weighted by Gasteiger charge is 2.22. The molecule has 1 aliphatic rings. The molecule has 0 amide bonds. The third kappa shape index (κ3) is 1.76. The van der Waals surface area contributed by atoms with Gasteiger partial charge < -0.3 is 15.4 Å². The summed E-state index contributed by atoms with van der Waals surface area (Å²) >= 11 is 0. The molecule has 18 heavy (non-hydrogen) atoms. The largest absolute Gasteiger partial charge is 0.476 e. The van der Waals surface area contributed by atoms with Crippen molar-refractivity contribution >= 4 is 5.97 Å². The summed E-state index contributed by atoms with van der Waals surface area (Å²) in [7, 11) is 0. The molecule has 0 saturated carbocycles. The second-order valence-electron chi connectivity index (χ2n) is 4.14. The summed E-state index contributed by atoms with van der Waals surface area (Å²) in [6, 6.07) is 3.65. The van der Waals surface area contributed by atoms with Crippen LogP contribution >= 0.6 is 0 Å². The van der Waals surface area contributed by atoms with E-state index in [0.29, 0.717) is 18.8 Å². The number of carbonyl (C=O) groups is 1. The van der Waals surface area contributed by atoms with Crippen LogP contribution in [0.15, 0.2) is 18.3 Å². The molecule has 0 atom stereocenters. The van der Waals surface area contributed by atoms with E-state index in [1.54, 1.807) is 6.20 Å². The number of nitrogens with one attached hydrogen (secondary N) is 2. The number of nitrogens with zero attached hydrogens (tertiary/aromatic N) is 2. The molecule has 0 spiro atoms. The summed E-state index contributed by atoms with van der Waals surface area (Å²) in [4.78, 5) is 22.9. The molecule has 0 aliphatic carbocycles. The van der Waals surface area contributed by atoms with Gasteiger partial charge in [0.1, 0.15) is 0 Å². The van der Waals surface area contributed by atoms with Gasteiger partial charge >= 0.3 is 5.97 Å². The summed E-state index contributed by atoms with van der Waals surface area (Å²) in [5.74, 6) is -0.566. The highest BCUT2D eigenvalue weighted by atomic mass is 16.4. The molecule has 6 heteroatoms. The molecule has 2 aromatic heterocycles. The number of aromatic carboxylic acids is 1. The Morgan fingerprint density at radius 2 is 2.28 bits per heavy atom. The summed E-state index contributed by atoms with van der Waals surface area (Å²) in [5, 5.41) is 12.4. The number of carboxylic acids is 1. The fraction of sp³-hybridized carbons (Fsp3) is 0.250. The van der Waals surface area contributed by atoms with Crippen LogP contribution in [0.5, 0.6) is 0 Å².